The van der Waals surface area contributed by atoms with Crippen LogP contribution in [0.25, 0.3) is 0 Å². The van der Waals surface area contributed by atoms with Gasteiger partial charge in [-0.1, -0.05) is 0 Å². The molecule has 0 bridgehead atoms. The summed E-state index contributed by atoms with van der Waals surface area (Å²) in [5, 5.41) is 29.6. The molecule has 0 aliphatic heterocycles. The monoisotopic (exact) mass is 345 g/mol. The summed E-state index contributed by atoms with van der Waals surface area (Å²) in [5.74, 6) is -2.08. The number of nitrogen functional groups attached to an aromatic ring is 1. The molecule has 1 atom stereocenters. The van der Waals surface area contributed by atoms with Crippen molar-refractivity contribution in [3.05, 3.63) is 29.8 Å². The number of carbonyl (C=O) groups excluding carboxylic acids is 2. The van der Waals surface area contributed by atoms with Gasteiger partial charge in [-0.25, -0.2) is 0 Å². The van der Waals surface area contributed by atoms with Gasteiger partial charge >= 0.3 is 5.97 Å². The number of carbonyl (C=O) groups is 3. The lowest BCUT2D eigenvalue weighted by Crippen LogP contribution is -2.36. The molecule has 1 aromatic carbocycles. The van der Waals surface area contributed by atoms with Gasteiger partial charge in [0.15, 0.2) is 0 Å². The lowest BCUT2D eigenvalue weighted by Gasteiger charge is -2.13. The number of anilines is 1. The van der Waals surface area contributed by atoms with E-state index in [2.05, 4.69) is 10.6 Å². The predicted molar refractivity (Wildman–Crippen MR) is 89.7 cm³/mol. The van der Waals surface area contributed by atoms with Crippen molar-refractivity contribution in [2.24, 2.45) is 5.73 Å². The molecule has 0 saturated carbocycles. The van der Waals surface area contributed by atoms with Gasteiger partial charge < -0.3 is 21.5 Å². The number of nitrogens with one attached hydrogen (secondary N) is 3. The van der Waals surface area contributed by atoms with Crippen LogP contribution in [0.5, 0.6) is 0 Å². The van der Waals surface area contributed by atoms with E-state index in [9.17, 15) is 14.4 Å². The van der Waals surface area contributed by atoms with E-state index in [4.69, 9.17) is 21.5 Å². The minimum Gasteiger partial charge on any atom is -0.481 e. The number of hydrogen-bond acceptors (Lipinski definition) is 5. The van der Waals surface area contributed by atoms with Crippen LogP contribution in [0.4, 0.5) is 5.69 Å². The molecule has 0 radical (unpaired) electrons. The molecular weight excluding hydrogens is 326 g/mol. The number of rotatable bonds is 9. The van der Waals surface area contributed by atoms with Gasteiger partial charge in [0.1, 0.15) is 5.84 Å². The summed E-state index contributed by atoms with van der Waals surface area (Å²) in [5.41, 5.74) is 6.36. The van der Waals surface area contributed by atoms with E-state index in [-0.39, 0.29) is 37.4 Å². The minimum atomic E-state index is -1.12. The largest absolute Gasteiger partial charge is 0.481 e. The number of carboxylic acids is 1. The molecule has 25 heavy (non-hydrogen) atoms. The number of nitrogens with two attached hydrogens (primary N) is 1. The maximum absolute atomic E-state index is 11.8. The molecule has 6 N–H and O–H groups in total. The summed E-state index contributed by atoms with van der Waals surface area (Å²) in [6, 6.07) is 7.38. The zero-order valence-corrected chi connectivity index (χ0v) is 13.4. The third-order valence-electron chi connectivity index (χ3n) is 3.18. The molecule has 132 valence electrons. The van der Waals surface area contributed by atoms with Crippen LogP contribution >= 0.6 is 0 Å². The Balaban J connectivity index is 2.44. The molecule has 0 saturated heterocycles. The van der Waals surface area contributed by atoms with Crippen molar-refractivity contribution in [2.45, 2.75) is 31.7 Å². The maximum Gasteiger partial charge on any atom is 0.305 e. The van der Waals surface area contributed by atoms with Crippen molar-refractivity contribution in [3.8, 4) is 6.07 Å². The fourth-order valence-corrected chi connectivity index (χ4v) is 1.98. The Kier molecular flexibility index (Phi) is 7.59. The van der Waals surface area contributed by atoms with Gasteiger partial charge in [-0.15, -0.1) is 0 Å². The molecule has 1 unspecified atom stereocenters. The number of benzene rings is 1. The van der Waals surface area contributed by atoms with Crippen LogP contribution in [-0.4, -0.2) is 34.8 Å². The smallest absolute Gasteiger partial charge is 0.305 e. The summed E-state index contributed by atoms with van der Waals surface area (Å²) < 4.78 is 0. The summed E-state index contributed by atoms with van der Waals surface area (Å²) >= 11 is 0. The van der Waals surface area contributed by atoms with Gasteiger partial charge in [-0.3, -0.25) is 19.8 Å². The molecule has 9 nitrogen and oxygen atoms in total. The molecule has 0 heterocycles. The number of amides is 2. The lowest BCUT2D eigenvalue weighted by atomic mass is 10.1. The standard InChI is InChI=1S/C16H19N5O4/c17-8-7-12(9-15(24)25)21-14(23)6-5-13(22)20-11-3-1-10(2-4-11)16(18)19/h1-4,12H,5-7,9H2,(H3,18,19)(H,20,22)(H,21,23)(H,24,25). The van der Waals surface area contributed by atoms with E-state index < -0.39 is 17.9 Å². The quantitative estimate of drug-likeness (QED) is 0.323. The normalized spacial score (nSPS) is 11.0. The summed E-state index contributed by atoms with van der Waals surface area (Å²) in [7, 11) is 0. The van der Waals surface area contributed by atoms with E-state index in [1.807, 2.05) is 6.07 Å². The Labute approximate surface area is 144 Å². The molecule has 0 spiro atoms. The van der Waals surface area contributed by atoms with Crippen LogP contribution in [-0.2, 0) is 14.4 Å². The van der Waals surface area contributed by atoms with Crippen LogP contribution in [0.2, 0.25) is 0 Å². The van der Waals surface area contributed by atoms with E-state index in [0.29, 0.717) is 11.3 Å². The van der Waals surface area contributed by atoms with Crippen LogP contribution in [0, 0.1) is 16.7 Å². The van der Waals surface area contributed by atoms with Gasteiger partial charge in [0, 0.05) is 24.1 Å². The molecule has 9 heteroatoms. The lowest BCUT2D eigenvalue weighted by molar-refractivity contribution is -0.137. The van der Waals surface area contributed by atoms with Gasteiger partial charge in [0.25, 0.3) is 0 Å². The first-order valence-corrected chi connectivity index (χ1v) is 7.44. The van der Waals surface area contributed by atoms with Gasteiger partial charge in [0.2, 0.25) is 11.8 Å². The second-order valence-electron chi connectivity index (χ2n) is 5.26. The predicted octanol–water partition coefficient (Wildman–Crippen LogP) is 0.563. The second kappa shape index (κ2) is 9.67. The van der Waals surface area contributed by atoms with Crippen molar-refractivity contribution in [2.75, 3.05) is 5.32 Å². The zero-order valence-electron chi connectivity index (χ0n) is 13.4. The summed E-state index contributed by atoms with van der Waals surface area (Å²) in [6.07, 6.45) is -0.688. The highest BCUT2D eigenvalue weighted by atomic mass is 16.4. The molecule has 0 aromatic heterocycles. The van der Waals surface area contributed by atoms with Gasteiger partial charge in [-0.2, -0.15) is 5.26 Å². The third-order valence-corrected chi connectivity index (χ3v) is 3.18. The highest BCUT2D eigenvalue weighted by Gasteiger charge is 2.16. The molecular formula is C16H19N5O4. The number of nitriles is 1. The molecule has 1 aromatic rings. The second-order valence-corrected chi connectivity index (χ2v) is 5.26. The fraction of sp³-hybridized carbons (Fsp3) is 0.312. The number of carboxylic acid groups (broad SMARTS) is 1. The Morgan fingerprint density at radius 1 is 1.20 bits per heavy atom. The van der Waals surface area contributed by atoms with E-state index in [1.54, 1.807) is 24.3 Å². The average Bonchev–Trinajstić information content (AvgIpc) is 2.53. The van der Waals surface area contributed by atoms with Gasteiger partial charge in [-0.05, 0) is 24.3 Å². The topological polar surface area (TPSA) is 169 Å². The Bertz CT molecular complexity index is 693. The van der Waals surface area contributed by atoms with E-state index in [1.165, 1.54) is 0 Å². The first-order chi connectivity index (χ1) is 11.8. The SMILES string of the molecule is N#CCC(CC(=O)O)NC(=O)CCC(=O)Nc1ccc(C(=N)N)cc1. The number of amidine groups is 1. The minimum absolute atomic E-state index is 0.0807. The van der Waals surface area contributed by atoms with Crippen LogP contribution in [0.15, 0.2) is 24.3 Å². The van der Waals surface area contributed by atoms with E-state index >= 15 is 0 Å². The Hall–Kier alpha value is -3.41. The number of aliphatic carboxylic acids is 1. The average molecular weight is 345 g/mol. The molecule has 1 rings (SSSR count). The van der Waals surface area contributed by atoms with Crippen molar-refractivity contribution >= 4 is 29.3 Å². The first kappa shape index (κ1) is 19.6. The number of hydrogen-bond donors (Lipinski definition) is 5. The van der Waals surface area contributed by atoms with Crippen LogP contribution < -0.4 is 16.4 Å². The van der Waals surface area contributed by atoms with Crippen molar-refractivity contribution in [1.29, 1.82) is 10.7 Å². The zero-order chi connectivity index (χ0) is 18.8. The fourth-order valence-electron chi connectivity index (χ4n) is 1.98. The Morgan fingerprint density at radius 2 is 1.80 bits per heavy atom. The maximum atomic E-state index is 11.8. The highest BCUT2D eigenvalue weighted by molar-refractivity contribution is 5.96. The highest BCUT2D eigenvalue weighted by Crippen LogP contribution is 2.10. The van der Waals surface area contributed by atoms with Crippen LogP contribution in [0.1, 0.15) is 31.2 Å². The molecule has 2 amide bonds. The van der Waals surface area contributed by atoms with Crippen molar-refractivity contribution in [3.63, 3.8) is 0 Å². The van der Waals surface area contributed by atoms with Crippen molar-refractivity contribution < 1.29 is 19.5 Å². The first-order valence-electron chi connectivity index (χ1n) is 7.44. The van der Waals surface area contributed by atoms with E-state index in [0.717, 1.165) is 0 Å². The Morgan fingerprint density at radius 3 is 2.32 bits per heavy atom. The summed E-state index contributed by atoms with van der Waals surface area (Å²) in [4.78, 5) is 34.2. The number of nitrogens with zero attached hydrogens (tertiary/aromatic N) is 1. The molecule has 0 aliphatic carbocycles. The van der Waals surface area contributed by atoms with Crippen molar-refractivity contribution in [1.82, 2.24) is 5.32 Å². The molecule has 0 fully saturated rings. The summed E-state index contributed by atoms with van der Waals surface area (Å²) in [6.45, 7) is 0. The van der Waals surface area contributed by atoms with Crippen LogP contribution in [0.3, 0.4) is 0 Å². The molecule has 0 aliphatic rings. The third kappa shape index (κ3) is 7.60. The van der Waals surface area contributed by atoms with Gasteiger partial charge in [0.05, 0.1) is 25.0 Å².